The van der Waals surface area contributed by atoms with E-state index in [0.717, 1.165) is 6.08 Å². The van der Waals surface area contributed by atoms with Crippen LogP contribution >= 0.6 is 7.60 Å². The van der Waals surface area contributed by atoms with E-state index < -0.39 is 37.0 Å². The summed E-state index contributed by atoms with van der Waals surface area (Å²) < 4.78 is 31.8. The Kier molecular flexibility index (Phi) is 4.01. The Balaban J connectivity index is 1.98. The van der Waals surface area contributed by atoms with Crippen molar-refractivity contribution in [1.29, 1.82) is 0 Å². The monoisotopic (exact) mass is 369 g/mol. The average Bonchev–Trinajstić information content (AvgIpc) is 3.06. The number of nitrogen functional groups attached to an aromatic ring is 1. The van der Waals surface area contributed by atoms with Crippen molar-refractivity contribution in [3.63, 3.8) is 0 Å². The van der Waals surface area contributed by atoms with Crippen LogP contribution in [-0.2, 0) is 9.30 Å². The third-order valence-electron chi connectivity index (χ3n) is 3.74. The number of rotatable bonds is 4. The number of ether oxygens (including phenoxy) is 1. The summed E-state index contributed by atoms with van der Waals surface area (Å²) in [6, 6.07) is -0.730. The first-order chi connectivity index (χ1) is 11.6. The molecule has 0 bridgehead atoms. The van der Waals surface area contributed by atoms with Crippen LogP contribution in [0.2, 0.25) is 0 Å². The number of hydrogen-bond donors (Lipinski definition) is 4. The van der Waals surface area contributed by atoms with Gasteiger partial charge in [-0.15, -0.1) is 6.42 Å². The minimum absolute atomic E-state index is 0.0114. The fourth-order valence-electron chi connectivity index (χ4n) is 2.61. The highest BCUT2D eigenvalue weighted by molar-refractivity contribution is 7.51. The molecule has 1 unspecified atom stereocenters. The summed E-state index contributed by atoms with van der Waals surface area (Å²) >= 11 is 0. The van der Waals surface area contributed by atoms with Crippen LogP contribution in [0.15, 0.2) is 23.0 Å². The quantitative estimate of drug-likeness (QED) is 0.434. The molecule has 0 spiro atoms. The van der Waals surface area contributed by atoms with Crippen molar-refractivity contribution in [2.75, 3.05) is 12.1 Å². The third-order valence-corrected chi connectivity index (χ3v) is 4.21. The molecule has 2 aromatic heterocycles. The Bertz CT molecular complexity index is 1020. The number of fused-ring (bicyclic) bond motifs is 1. The maximum atomic E-state index is 14.4. The molecule has 2 heterocycles. The van der Waals surface area contributed by atoms with Gasteiger partial charge < -0.3 is 24.8 Å². The zero-order valence-electron chi connectivity index (χ0n) is 12.6. The van der Waals surface area contributed by atoms with Crippen molar-refractivity contribution in [2.45, 2.75) is 18.1 Å². The lowest BCUT2D eigenvalue weighted by atomic mass is 10.0. The van der Waals surface area contributed by atoms with Crippen LogP contribution in [0.1, 0.15) is 12.5 Å². The van der Waals surface area contributed by atoms with Gasteiger partial charge in [-0.1, -0.05) is 5.92 Å². The number of anilines is 1. The van der Waals surface area contributed by atoms with Gasteiger partial charge in [0.25, 0.3) is 5.56 Å². The summed E-state index contributed by atoms with van der Waals surface area (Å²) in [6.07, 6.45) is 6.56. The second-order valence-corrected chi connectivity index (χ2v) is 7.06. The zero-order chi connectivity index (χ0) is 18.4. The van der Waals surface area contributed by atoms with Crippen LogP contribution in [0.5, 0.6) is 0 Å². The van der Waals surface area contributed by atoms with Gasteiger partial charge in [-0.3, -0.25) is 14.3 Å². The molecule has 0 saturated heterocycles. The van der Waals surface area contributed by atoms with Crippen LogP contribution in [0.3, 0.4) is 0 Å². The van der Waals surface area contributed by atoms with E-state index in [1.54, 1.807) is 0 Å². The van der Waals surface area contributed by atoms with Crippen LogP contribution in [0.25, 0.3) is 11.2 Å². The third kappa shape index (κ3) is 3.08. The minimum atomic E-state index is -4.54. The maximum absolute atomic E-state index is 14.4. The van der Waals surface area contributed by atoms with E-state index in [9.17, 15) is 13.8 Å². The van der Waals surface area contributed by atoms with Crippen LogP contribution in [0, 0.1) is 12.3 Å². The van der Waals surface area contributed by atoms with Crippen LogP contribution in [-0.4, -0.2) is 41.3 Å². The molecule has 0 aliphatic heterocycles. The second kappa shape index (κ2) is 5.79. The molecule has 12 heteroatoms. The largest absolute Gasteiger partial charge is 0.369 e. The summed E-state index contributed by atoms with van der Waals surface area (Å²) in [5.41, 5.74) is 3.17. The number of nitrogens with zero attached hydrogens (tertiary/aromatic N) is 3. The molecule has 0 saturated carbocycles. The van der Waals surface area contributed by atoms with Crippen molar-refractivity contribution in [3.05, 3.63) is 28.6 Å². The molecule has 0 amide bonds. The predicted octanol–water partition coefficient (Wildman–Crippen LogP) is 0.0238. The highest BCUT2D eigenvalue weighted by atomic mass is 31.2. The van der Waals surface area contributed by atoms with Gasteiger partial charge in [0.2, 0.25) is 5.95 Å². The Morgan fingerprint density at radius 2 is 2.36 bits per heavy atom. The van der Waals surface area contributed by atoms with Crippen molar-refractivity contribution in [3.8, 4) is 12.3 Å². The molecule has 0 aromatic carbocycles. The Morgan fingerprint density at radius 3 is 3.00 bits per heavy atom. The normalized spacial score (nSPS) is 23.6. The average molecular weight is 369 g/mol. The molecule has 10 nitrogen and oxygen atoms in total. The topological polar surface area (TPSA) is 156 Å². The van der Waals surface area contributed by atoms with Gasteiger partial charge in [0.1, 0.15) is 5.83 Å². The number of terminal acetylenes is 1. The lowest BCUT2D eigenvalue weighted by molar-refractivity contribution is 0.0285. The standard InChI is InChI=1S/C13H13FN5O5P/c1-2-13(24-6-25(21,22)23)4-7(3-8(13)14)19-5-16-9-10(19)17-12(15)18-11(9)20/h1,3,5,7H,4,6H2,(H2,21,22,23)(H3,15,17,18,20)/t7?,13-/m0/s1. The number of hydrogen-bond acceptors (Lipinski definition) is 6. The van der Waals surface area contributed by atoms with Gasteiger partial charge in [-0.05, 0) is 6.08 Å². The van der Waals surface area contributed by atoms with E-state index in [1.807, 2.05) is 0 Å². The van der Waals surface area contributed by atoms with Gasteiger partial charge in [-0.2, -0.15) is 4.98 Å². The summed E-state index contributed by atoms with van der Waals surface area (Å²) in [7, 11) is -4.54. The van der Waals surface area contributed by atoms with Crippen molar-refractivity contribution in [1.82, 2.24) is 19.5 Å². The van der Waals surface area contributed by atoms with Crippen molar-refractivity contribution >= 4 is 24.7 Å². The molecule has 2 aromatic rings. The van der Waals surface area contributed by atoms with Gasteiger partial charge >= 0.3 is 7.60 Å². The van der Waals surface area contributed by atoms with E-state index in [-0.39, 0.29) is 23.5 Å². The minimum Gasteiger partial charge on any atom is -0.369 e. The second-order valence-electron chi connectivity index (χ2n) is 5.47. The number of aromatic nitrogens is 4. The van der Waals surface area contributed by atoms with Gasteiger partial charge in [-0.25, -0.2) is 9.37 Å². The lowest BCUT2D eigenvalue weighted by Gasteiger charge is -2.24. The summed E-state index contributed by atoms with van der Waals surface area (Å²) in [4.78, 5) is 39.8. The number of nitrogens with one attached hydrogen (secondary N) is 1. The summed E-state index contributed by atoms with van der Waals surface area (Å²) in [5, 5.41) is 0. The molecule has 1 aliphatic carbocycles. The molecule has 0 radical (unpaired) electrons. The number of aromatic amines is 1. The molecule has 0 fully saturated rings. The van der Waals surface area contributed by atoms with Gasteiger partial charge in [0, 0.05) is 6.42 Å². The number of halogens is 1. The van der Waals surface area contributed by atoms with E-state index in [2.05, 4.69) is 20.9 Å². The Labute approximate surface area is 139 Å². The smallest absolute Gasteiger partial charge is 0.351 e. The predicted molar refractivity (Wildman–Crippen MR) is 85.0 cm³/mol. The first kappa shape index (κ1) is 17.3. The maximum Gasteiger partial charge on any atom is 0.351 e. The Hall–Kier alpha value is -2.51. The van der Waals surface area contributed by atoms with Crippen molar-refractivity contribution in [2.24, 2.45) is 0 Å². The molecular formula is C13H13FN5O5P. The molecule has 5 N–H and O–H groups in total. The highest BCUT2D eigenvalue weighted by Crippen LogP contribution is 2.44. The summed E-state index contributed by atoms with van der Waals surface area (Å²) in [5.74, 6) is 1.10. The Morgan fingerprint density at radius 1 is 1.64 bits per heavy atom. The van der Waals surface area contributed by atoms with E-state index in [4.69, 9.17) is 26.7 Å². The van der Waals surface area contributed by atoms with Crippen LogP contribution in [0.4, 0.5) is 10.3 Å². The molecular weight excluding hydrogens is 356 g/mol. The number of imidazole rings is 1. The highest BCUT2D eigenvalue weighted by Gasteiger charge is 2.44. The molecule has 1 aliphatic rings. The van der Waals surface area contributed by atoms with Crippen LogP contribution < -0.4 is 11.3 Å². The van der Waals surface area contributed by atoms with E-state index >= 15 is 0 Å². The SMILES string of the molecule is C#C[C@]1(OCP(=O)(O)O)CC(n2cnc3c(=O)[nH]c(N)nc32)C=C1F. The van der Waals surface area contributed by atoms with Gasteiger partial charge in [0.05, 0.1) is 12.4 Å². The number of allylic oxidation sites excluding steroid dienone is 1. The fourth-order valence-corrected chi connectivity index (χ4v) is 3.00. The number of nitrogens with two attached hydrogens (primary N) is 1. The molecule has 25 heavy (non-hydrogen) atoms. The fraction of sp³-hybridized carbons (Fsp3) is 0.308. The lowest BCUT2D eigenvalue weighted by Crippen LogP contribution is -2.31. The summed E-state index contributed by atoms with van der Waals surface area (Å²) in [6.45, 7) is 0. The molecule has 2 atom stereocenters. The molecule has 132 valence electrons. The zero-order valence-corrected chi connectivity index (χ0v) is 13.5. The molecule has 3 rings (SSSR count). The van der Waals surface area contributed by atoms with E-state index in [1.165, 1.54) is 10.9 Å². The van der Waals surface area contributed by atoms with Gasteiger partial charge in [0.15, 0.2) is 23.1 Å². The first-order valence-electron chi connectivity index (χ1n) is 6.91. The first-order valence-corrected chi connectivity index (χ1v) is 8.71. The van der Waals surface area contributed by atoms with E-state index in [0.29, 0.717) is 0 Å². The number of H-pyrrole nitrogens is 1. The van der Waals surface area contributed by atoms with Crippen molar-refractivity contribution < 1.29 is 23.5 Å².